The van der Waals surface area contributed by atoms with Crippen molar-refractivity contribution in [1.29, 1.82) is 0 Å². The molecule has 3 aromatic rings. The summed E-state index contributed by atoms with van der Waals surface area (Å²) in [4.78, 5) is 16.3. The Hall–Kier alpha value is -2.86. The van der Waals surface area contributed by atoms with Crippen molar-refractivity contribution in [1.82, 2.24) is 4.98 Å². The highest BCUT2D eigenvalue weighted by Gasteiger charge is 2.33. The molecule has 0 aliphatic heterocycles. The number of nitrogens with zero attached hydrogens (tertiary/aromatic N) is 1. The van der Waals surface area contributed by atoms with E-state index in [1.807, 2.05) is 13.0 Å². The van der Waals surface area contributed by atoms with Crippen molar-refractivity contribution in [3.05, 3.63) is 64.2 Å². The molecule has 0 saturated carbocycles. The molecule has 192 valence electrons. The predicted molar refractivity (Wildman–Crippen MR) is 145 cm³/mol. The van der Waals surface area contributed by atoms with Crippen molar-refractivity contribution in [2.45, 2.75) is 71.6 Å². The number of aromatic nitrogens is 1. The van der Waals surface area contributed by atoms with Gasteiger partial charge in [-0.25, -0.2) is 4.98 Å². The van der Waals surface area contributed by atoms with E-state index in [0.29, 0.717) is 19.6 Å². The molecule has 1 heterocycles. The van der Waals surface area contributed by atoms with Crippen molar-refractivity contribution in [3.8, 4) is 22.1 Å². The van der Waals surface area contributed by atoms with Crippen LogP contribution < -0.4 is 9.47 Å². The molecular formula is C30H37NO4S. The molecule has 5 nitrogen and oxygen atoms in total. The van der Waals surface area contributed by atoms with Crippen LogP contribution in [0.2, 0.25) is 0 Å². The van der Waals surface area contributed by atoms with Gasteiger partial charge in [-0.05, 0) is 85.0 Å². The Balaban J connectivity index is 1.29. The zero-order chi connectivity index (χ0) is 25.5. The number of carboxylic acid groups (broad SMARTS) is 1. The summed E-state index contributed by atoms with van der Waals surface area (Å²) in [7, 11) is 0. The van der Waals surface area contributed by atoms with Gasteiger partial charge < -0.3 is 14.6 Å². The Morgan fingerprint density at radius 3 is 2.69 bits per heavy atom. The summed E-state index contributed by atoms with van der Waals surface area (Å²) in [5.41, 5.74) is 5.93. The van der Waals surface area contributed by atoms with Gasteiger partial charge in [-0.15, -0.1) is 11.3 Å². The summed E-state index contributed by atoms with van der Waals surface area (Å²) in [6.07, 6.45) is 6.26. The molecule has 0 spiro atoms. The second kappa shape index (κ2) is 12.4. The molecule has 0 radical (unpaired) electrons. The minimum atomic E-state index is -0.693. The summed E-state index contributed by atoms with van der Waals surface area (Å²) in [5, 5.41) is 12.8. The van der Waals surface area contributed by atoms with Crippen molar-refractivity contribution < 1.29 is 19.4 Å². The minimum absolute atomic E-state index is 0.109. The molecule has 4 rings (SSSR count). The normalized spacial score (nSPS) is 15.5. The number of aliphatic carboxylic acids is 1. The first kappa shape index (κ1) is 26.2. The predicted octanol–water partition coefficient (Wildman–Crippen LogP) is 7.31. The van der Waals surface area contributed by atoms with E-state index in [1.165, 1.54) is 16.7 Å². The lowest BCUT2D eigenvalue weighted by molar-refractivity contribution is -0.142. The van der Waals surface area contributed by atoms with E-state index in [4.69, 9.17) is 14.5 Å². The van der Waals surface area contributed by atoms with Crippen LogP contribution >= 0.6 is 11.3 Å². The fourth-order valence-electron chi connectivity index (χ4n) is 5.12. The Morgan fingerprint density at radius 2 is 1.97 bits per heavy atom. The average molecular weight is 508 g/mol. The van der Waals surface area contributed by atoms with E-state index in [-0.39, 0.29) is 11.8 Å². The molecule has 0 bridgehead atoms. The number of ether oxygens (including phenoxy) is 2. The number of carbonyl (C=O) groups is 1. The molecule has 1 aromatic heterocycles. The Kier molecular flexibility index (Phi) is 9.03. The molecule has 2 aromatic carbocycles. The van der Waals surface area contributed by atoms with E-state index in [0.717, 1.165) is 66.3 Å². The lowest BCUT2D eigenvalue weighted by Crippen LogP contribution is -2.19. The quantitative estimate of drug-likeness (QED) is 0.246. The molecular weight excluding hydrogens is 470 g/mol. The SMILES string of the molecule is CCCc1cc(-c2nc(CC)cs2)ccc1OCCCOc1ccc2c(c1)CC[C@H]2C(CC)C(=O)O. The Labute approximate surface area is 218 Å². The molecule has 36 heavy (non-hydrogen) atoms. The molecule has 1 aliphatic rings. The van der Waals surface area contributed by atoms with Crippen LogP contribution in [0.4, 0.5) is 0 Å². The van der Waals surface area contributed by atoms with Gasteiger partial charge in [-0.2, -0.15) is 0 Å². The fourth-order valence-corrected chi connectivity index (χ4v) is 6.02. The third-order valence-corrected chi connectivity index (χ3v) is 7.98. The molecule has 1 aliphatic carbocycles. The second-order valence-corrected chi connectivity index (χ2v) is 10.3. The first-order valence-electron chi connectivity index (χ1n) is 13.2. The average Bonchev–Trinajstić information content (AvgIpc) is 3.52. The first-order valence-corrected chi connectivity index (χ1v) is 14.1. The molecule has 0 fully saturated rings. The molecule has 6 heteroatoms. The number of hydrogen-bond donors (Lipinski definition) is 1. The zero-order valence-electron chi connectivity index (χ0n) is 21.6. The van der Waals surface area contributed by atoms with Crippen molar-refractivity contribution >= 4 is 17.3 Å². The van der Waals surface area contributed by atoms with Crippen molar-refractivity contribution in [2.24, 2.45) is 5.92 Å². The molecule has 1 N–H and O–H groups in total. The van der Waals surface area contributed by atoms with Crippen LogP contribution in [-0.2, 0) is 24.1 Å². The maximum atomic E-state index is 11.6. The maximum Gasteiger partial charge on any atom is 0.307 e. The van der Waals surface area contributed by atoms with Crippen LogP contribution in [0.25, 0.3) is 10.6 Å². The van der Waals surface area contributed by atoms with Gasteiger partial charge in [-0.3, -0.25) is 4.79 Å². The minimum Gasteiger partial charge on any atom is -0.493 e. The summed E-state index contributed by atoms with van der Waals surface area (Å²) < 4.78 is 12.1. The first-order chi connectivity index (χ1) is 17.5. The third-order valence-electron chi connectivity index (χ3n) is 7.04. The molecule has 0 amide bonds. The monoisotopic (exact) mass is 507 g/mol. The van der Waals surface area contributed by atoms with Gasteiger partial charge in [0, 0.05) is 17.4 Å². The number of carboxylic acids is 1. The van der Waals surface area contributed by atoms with Gasteiger partial charge in [0.15, 0.2) is 0 Å². The van der Waals surface area contributed by atoms with Crippen LogP contribution in [0.1, 0.15) is 74.8 Å². The Bertz CT molecular complexity index is 1170. The van der Waals surface area contributed by atoms with E-state index >= 15 is 0 Å². The van der Waals surface area contributed by atoms with Crippen LogP contribution in [0.3, 0.4) is 0 Å². The van der Waals surface area contributed by atoms with Gasteiger partial charge in [0.05, 0.1) is 24.8 Å². The summed E-state index contributed by atoms with van der Waals surface area (Å²) in [5.74, 6) is 0.903. The van der Waals surface area contributed by atoms with E-state index in [1.54, 1.807) is 11.3 Å². The van der Waals surface area contributed by atoms with Gasteiger partial charge in [-0.1, -0.05) is 33.3 Å². The Morgan fingerprint density at radius 1 is 1.14 bits per heavy atom. The van der Waals surface area contributed by atoms with Crippen molar-refractivity contribution in [2.75, 3.05) is 13.2 Å². The van der Waals surface area contributed by atoms with Gasteiger partial charge in [0.1, 0.15) is 16.5 Å². The smallest absolute Gasteiger partial charge is 0.307 e. The van der Waals surface area contributed by atoms with Gasteiger partial charge in [0.2, 0.25) is 0 Å². The molecule has 2 atom stereocenters. The molecule has 0 saturated heterocycles. The second-order valence-electron chi connectivity index (χ2n) is 9.48. The number of benzene rings is 2. The third kappa shape index (κ3) is 6.09. The maximum absolute atomic E-state index is 11.6. The number of hydrogen-bond acceptors (Lipinski definition) is 5. The number of thiazole rings is 1. The van der Waals surface area contributed by atoms with E-state index in [9.17, 15) is 9.90 Å². The summed E-state index contributed by atoms with van der Waals surface area (Å²) in [6, 6.07) is 12.5. The highest BCUT2D eigenvalue weighted by Crippen LogP contribution is 2.41. The standard InChI is InChI=1S/C30H37NO4S/c1-4-8-21-17-22(29-31-23(5-2)19-36-29)10-14-28(21)35-16-7-15-34-24-11-13-26-20(18-24)9-12-27(26)25(6-3)30(32)33/h10-11,13-14,17-19,25,27H,4-9,12,15-16H2,1-3H3,(H,32,33)/t25?,27-/m0/s1. The van der Waals surface area contributed by atoms with Gasteiger partial charge >= 0.3 is 5.97 Å². The fraction of sp³-hybridized carbons (Fsp3) is 0.467. The number of rotatable bonds is 13. The van der Waals surface area contributed by atoms with Gasteiger partial charge in [0.25, 0.3) is 0 Å². The van der Waals surface area contributed by atoms with Crippen LogP contribution in [0, 0.1) is 5.92 Å². The lowest BCUT2D eigenvalue weighted by atomic mass is 9.85. The highest BCUT2D eigenvalue weighted by molar-refractivity contribution is 7.13. The van der Waals surface area contributed by atoms with E-state index in [2.05, 4.69) is 49.6 Å². The highest BCUT2D eigenvalue weighted by atomic mass is 32.1. The number of aryl methyl sites for hydroxylation is 3. The zero-order valence-corrected chi connectivity index (χ0v) is 22.4. The summed E-state index contributed by atoms with van der Waals surface area (Å²) in [6.45, 7) is 7.45. The van der Waals surface area contributed by atoms with Crippen molar-refractivity contribution in [3.63, 3.8) is 0 Å². The van der Waals surface area contributed by atoms with Crippen LogP contribution in [-0.4, -0.2) is 29.3 Å². The van der Waals surface area contributed by atoms with E-state index < -0.39 is 5.97 Å². The largest absolute Gasteiger partial charge is 0.493 e. The van der Waals surface area contributed by atoms with Crippen LogP contribution in [0.15, 0.2) is 41.8 Å². The lowest BCUT2D eigenvalue weighted by Gasteiger charge is -2.19. The molecule has 1 unspecified atom stereocenters. The van der Waals surface area contributed by atoms with Crippen LogP contribution in [0.5, 0.6) is 11.5 Å². The number of fused-ring (bicyclic) bond motifs is 1. The topological polar surface area (TPSA) is 68.7 Å². The summed E-state index contributed by atoms with van der Waals surface area (Å²) >= 11 is 1.70.